The van der Waals surface area contributed by atoms with Crippen LogP contribution in [-0.2, 0) is 0 Å². The van der Waals surface area contributed by atoms with Gasteiger partial charge in [-0.25, -0.2) is 14.6 Å². The summed E-state index contributed by atoms with van der Waals surface area (Å²) < 4.78 is 1.82. The Balaban J connectivity index is 1.73. The monoisotopic (exact) mass is 467 g/mol. The van der Waals surface area contributed by atoms with Crippen LogP contribution < -0.4 is 4.90 Å². The van der Waals surface area contributed by atoms with Crippen LogP contribution in [0.15, 0.2) is 54.9 Å². The maximum Gasteiger partial charge on any atom is 0.160 e. The third-order valence-electron chi connectivity index (χ3n) is 6.29. The Labute approximate surface area is 196 Å². The van der Waals surface area contributed by atoms with Crippen molar-refractivity contribution in [2.24, 2.45) is 5.92 Å². The number of aliphatic hydroxyl groups is 1. The predicted molar refractivity (Wildman–Crippen MR) is 129 cm³/mol. The molecule has 0 amide bonds. The molecule has 8 heteroatoms. The summed E-state index contributed by atoms with van der Waals surface area (Å²) in [5, 5.41) is 17.2. The lowest BCUT2D eigenvalue weighted by atomic mass is 9.90. The van der Waals surface area contributed by atoms with Crippen LogP contribution in [-0.4, -0.2) is 43.5 Å². The quantitative estimate of drug-likeness (QED) is 0.435. The summed E-state index contributed by atoms with van der Waals surface area (Å²) in [6.07, 6.45) is 2.24. The number of hydrogen-bond acceptors (Lipinski definition) is 5. The van der Waals surface area contributed by atoms with Gasteiger partial charge in [0.1, 0.15) is 17.5 Å². The predicted octanol–water partition coefficient (Wildman–Crippen LogP) is 5.39. The Hall–Kier alpha value is -2.67. The Morgan fingerprint density at radius 3 is 2.44 bits per heavy atom. The van der Waals surface area contributed by atoms with E-state index >= 15 is 0 Å². The largest absolute Gasteiger partial charge is 0.388 e. The second-order valence-electron chi connectivity index (χ2n) is 8.54. The first-order valence-corrected chi connectivity index (χ1v) is 11.3. The Morgan fingerprint density at radius 1 is 1.00 bits per heavy atom. The summed E-state index contributed by atoms with van der Waals surface area (Å²) in [7, 11) is 0. The molecule has 1 saturated heterocycles. The summed E-state index contributed by atoms with van der Waals surface area (Å²) >= 11 is 12.7. The zero-order valence-electron chi connectivity index (χ0n) is 17.8. The molecule has 0 radical (unpaired) electrons. The van der Waals surface area contributed by atoms with Crippen molar-refractivity contribution in [2.45, 2.75) is 25.9 Å². The molecule has 0 aliphatic carbocycles. The van der Waals surface area contributed by atoms with Gasteiger partial charge >= 0.3 is 0 Å². The molecule has 0 spiro atoms. The molecule has 1 N–H and O–H groups in total. The van der Waals surface area contributed by atoms with E-state index in [1.807, 2.05) is 67.1 Å². The van der Waals surface area contributed by atoms with Crippen LogP contribution in [0.5, 0.6) is 0 Å². The Morgan fingerprint density at radius 2 is 1.75 bits per heavy atom. The SMILES string of the molecule is CC(C)C1(O)CCN(c2ncnc3c(-c4ccc(Cl)cc4)n(-c4ccccc4Cl)nc23)C1. The van der Waals surface area contributed by atoms with Gasteiger partial charge < -0.3 is 10.0 Å². The zero-order chi connectivity index (χ0) is 22.5. The lowest BCUT2D eigenvalue weighted by molar-refractivity contribution is 0.0167. The first-order chi connectivity index (χ1) is 15.4. The highest BCUT2D eigenvalue weighted by Crippen LogP contribution is 2.38. The average Bonchev–Trinajstić information content (AvgIpc) is 3.37. The van der Waals surface area contributed by atoms with Gasteiger partial charge in [0, 0.05) is 23.7 Å². The van der Waals surface area contributed by atoms with Crippen LogP contribution in [0, 0.1) is 5.92 Å². The zero-order valence-corrected chi connectivity index (χ0v) is 19.3. The highest BCUT2D eigenvalue weighted by Gasteiger charge is 2.40. The fourth-order valence-corrected chi connectivity index (χ4v) is 4.59. The lowest BCUT2D eigenvalue weighted by Gasteiger charge is -2.27. The normalized spacial score (nSPS) is 18.8. The van der Waals surface area contributed by atoms with Crippen LogP contribution in [0.2, 0.25) is 10.0 Å². The van der Waals surface area contributed by atoms with E-state index in [1.165, 1.54) is 0 Å². The number of nitrogens with zero attached hydrogens (tertiary/aromatic N) is 5. The first-order valence-electron chi connectivity index (χ1n) is 10.6. The van der Waals surface area contributed by atoms with Crippen molar-refractivity contribution in [1.82, 2.24) is 19.7 Å². The number of fused-ring (bicyclic) bond motifs is 1. The minimum absolute atomic E-state index is 0.148. The van der Waals surface area contributed by atoms with E-state index < -0.39 is 5.60 Å². The second-order valence-corrected chi connectivity index (χ2v) is 9.39. The fraction of sp³-hybridized carbons (Fsp3) is 0.292. The van der Waals surface area contributed by atoms with E-state index in [2.05, 4.69) is 14.9 Å². The minimum atomic E-state index is -0.748. The number of para-hydroxylation sites is 1. The summed E-state index contributed by atoms with van der Waals surface area (Å²) in [6.45, 7) is 5.30. The van der Waals surface area contributed by atoms with E-state index in [4.69, 9.17) is 28.3 Å². The highest BCUT2D eigenvalue weighted by molar-refractivity contribution is 6.32. The molecule has 1 aliphatic rings. The van der Waals surface area contributed by atoms with Crippen LogP contribution in [0.3, 0.4) is 0 Å². The number of rotatable bonds is 4. The van der Waals surface area contributed by atoms with Gasteiger partial charge in [0.2, 0.25) is 0 Å². The van der Waals surface area contributed by atoms with Crippen molar-refractivity contribution >= 4 is 40.1 Å². The molecule has 1 atom stereocenters. The van der Waals surface area contributed by atoms with Crippen molar-refractivity contribution in [3.8, 4) is 16.9 Å². The van der Waals surface area contributed by atoms with Crippen molar-refractivity contribution in [2.75, 3.05) is 18.0 Å². The van der Waals surface area contributed by atoms with Gasteiger partial charge in [-0.15, -0.1) is 0 Å². The second kappa shape index (κ2) is 8.03. The highest BCUT2D eigenvalue weighted by atomic mass is 35.5. The van der Waals surface area contributed by atoms with Gasteiger partial charge in [-0.3, -0.25) is 0 Å². The third-order valence-corrected chi connectivity index (χ3v) is 6.86. The third kappa shape index (κ3) is 3.52. The standard InChI is InChI=1S/C24H23Cl2N5O/c1-15(2)24(32)11-12-30(13-24)23-21-20(27-14-28-23)22(16-7-9-17(25)10-8-16)31(29-21)19-6-4-3-5-18(19)26/h3-10,14-15,32H,11-13H2,1-2H3. The molecule has 1 unspecified atom stereocenters. The van der Waals surface area contributed by atoms with Gasteiger partial charge in [0.05, 0.1) is 16.3 Å². The number of benzene rings is 2. The summed E-state index contributed by atoms with van der Waals surface area (Å²) in [5.74, 6) is 0.864. The molecule has 0 bridgehead atoms. The molecule has 2 aromatic heterocycles. The number of halogens is 2. The lowest BCUT2D eigenvalue weighted by Crippen LogP contribution is -2.38. The van der Waals surface area contributed by atoms with Crippen molar-refractivity contribution in [3.05, 3.63) is 64.9 Å². The van der Waals surface area contributed by atoms with Gasteiger partial charge in [-0.1, -0.05) is 61.3 Å². The molecule has 3 heterocycles. The van der Waals surface area contributed by atoms with Crippen LogP contribution >= 0.6 is 23.2 Å². The van der Waals surface area contributed by atoms with Crippen molar-refractivity contribution in [1.29, 1.82) is 0 Å². The smallest absolute Gasteiger partial charge is 0.160 e. The molecule has 164 valence electrons. The molecule has 1 fully saturated rings. The number of β-amino-alcohol motifs (C(OH)–C–C–N with tert-alkyl or cyclic N) is 1. The number of anilines is 1. The van der Waals surface area contributed by atoms with Crippen LogP contribution in [0.25, 0.3) is 28.0 Å². The maximum absolute atomic E-state index is 11.0. The molecule has 1 aliphatic heterocycles. The van der Waals surface area contributed by atoms with E-state index in [0.717, 1.165) is 22.5 Å². The van der Waals surface area contributed by atoms with Crippen LogP contribution in [0.4, 0.5) is 5.82 Å². The molecule has 4 aromatic rings. The Kier molecular flexibility index (Phi) is 5.32. The topological polar surface area (TPSA) is 67.1 Å². The maximum atomic E-state index is 11.0. The average molecular weight is 468 g/mol. The fourth-order valence-electron chi connectivity index (χ4n) is 4.25. The molecule has 32 heavy (non-hydrogen) atoms. The molecule has 6 nitrogen and oxygen atoms in total. The van der Waals surface area contributed by atoms with Crippen molar-refractivity contribution in [3.63, 3.8) is 0 Å². The first kappa shape index (κ1) is 21.2. The summed E-state index contributed by atoms with van der Waals surface area (Å²) in [6, 6.07) is 15.2. The van der Waals surface area contributed by atoms with Crippen LogP contribution in [0.1, 0.15) is 20.3 Å². The molecular weight excluding hydrogens is 445 g/mol. The van der Waals surface area contributed by atoms with E-state index in [1.54, 1.807) is 6.33 Å². The summed E-state index contributed by atoms with van der Waals surface area (Å²) in [4.78, 5) is 11.3. The molecule has 2 aromatic carbocycles. The molecular formula is C24H23Cl2N5O. The number of hydrogen-bond donors (Lipinski definition) is 1. The van der Waals surface area contributed by atoms with Gasteiger partial charge in [0.15, 0.2) is 11.3 Å². The molecule has 0 saturated carbocycles. The van der Waals surface area contributed by atoms with Gasteiger partial charge in [-0.05, 0) is 36.6 Å². The number of aromatic nitrogens is 4. The van der Waals surface area contributed by atoms with Crippen molar-refractivity contribution < 1.29 is 5.11 Å². The Bertz CT molecular complexity index is 1290. The van der Waals surface area contributed by atoms with Gasteiger partial charge in [-0.2, -0.15) is 5.10 Å². The van der Waals surface area contributed by atoms with Gasteiger partial charge in [0.25, 0.3) is 0 Å². The van der Waals surface area contributed by atoms with E-state index in [0.29, 0.717) is 40.9 Å². The minimum Gasteiger partial charge on any atom is -0.388 e. The van der Waals surface area contributed by atoms with E-state index in [9.17, 15) is 5.11 Å². The van der Waals surface area contributed by atoms with E-state index in [-0.39, 0.29) is 5.92 Å². The molecule has 5 rings (SSSR count). The summed E-state index contributed by atoms with van der Waals surface area (Å²) in [5.41, 5.74) is 3.13.